The predicted octanol–water partition coefficient (Wildman–Crippen LogP) is 4.57. The van der Waals surface area contributed by atoms with E-state index in [1.54, 1.807) is 6.92 Å². The molecule has 3 saturated heterocycles. The van der Waals surface area contributed by atoms with Crippen LogP contribution in [0.3, 0.4) is 0 Å². The molecule has 8 atom stereocenters. The quantitative estimate of drug-likeness (QED) is 0.229. The van der Waals surface area contributed by atoms with E-state index in [4.69, 9.17) is 25.7 Å². The van der Waals surface area contributed by atoms with E-state index in [1.165, 1.54) is 5.57 Å². The normalized spacial score (nSPS) is 37.8. The standard InChI is InChI=1S/C33H51N5O4/c1-9-33(8)40-27-28(41-33)32(7)17-23(16-31(27,6)42-32)25(36)10-11-26(20(2)22-12-14-30(4,5)15-13-22)38-29(39)21(3)37-24(18-34)19-35/h10-12,18,21,23,25,27-28,37H,9,13-17,34,36H2,1-8H3,(H,38,39)/b11-10-,24-18-,26-20-/t21?,23?,25?,27-,28+,31+,32-,33?. The van der Waals surface area contributed by atoms with Gasteiger partial charge in [-0.15, -0.1) is 0 Å². The first kappa shape index (κ1) is 32.3. The minimum atomic E-state index is -0.664. The summed E-state index contributed by atoms with van der Waals surface area (Å²) in [6.45, 7) is 16.6. The maximum atomic E-state index is 13.2. The summed E-state index contributed by atoms with van der Waals surface area (Å²) in [6, 6.07) is 1.03. The maximum Gasteiger partial charge on any atom is 0.246 e. The van der Waals surface area contributed by atoms with Crippen LogP contribution in [0.15, 0.2) is 47.0 Å². The van der Waals surface area contributed by atoms with Gasteiger partial charge < -0.3 is 36.3 Å². The maximum absolute atomic E-state index is 13.2. The molecule has 6 N–H and O–H groups in total. The summed E-state index contributed by atoms with van der Waals surface area (Å²) in [7, 11) is 0. The number of nitrogens with two attached hydrogens (primary N) is 2. The van der Waals surface area contributed by atoms with Gasteiger partial charge in [-0.05, 0) is 102 Å². The molecule has 3 aliphatic heterocycles. The van der Waals surface area contributed by atoms with Crippen LogP contribution in [-0.2, 0) is 19.0 Å². The molecule has 4 unspecified atom stereocenters. The van der Waals surface area contributed by atoms with E-state index in [9.17, 15) is 10.1 Å². The summed E-state index contributed by atoms with van der Waals surface area (Å²) in [5.41, 5.74) is 14.7. The van der Waals surface area contributed by atoms with E-state index in [-0.39, 0.29) is 41.2 Å². The second-order valence-corrected chi connectivity index (χ2v) is 14.1. The summed E-state index contributed by atoms with van der Waals surface area (Å²) < 4.78 is 19.5. The minimum absolute atomic E-state index is 0.136. The fraction of sp³-hybridized carbons (Fsp3) is 0.697. The van der Waals surface area contributed by atoms with Crippen molar-refractivity contribution in [2.24, 2.45) is 22.8 Å². The molecule has 9 heteroatoms. The number of allylic oxidation sites excluding steroid dienone is 5. The highest BCUT2D eigenvalue weighted by molar-refractivity contribution is 5.84. The van der Waals surface area contributed by atoms with E-state index in [0.717, 1.165) is 50.3 Å². The summed E-state index contributed by atoms with van der Waals surface area (Å²) in [5, 5.41) is 15.2. The first-order valence-corrected chi connectivity index (χ1v) is 15.4. The largest absolute Gasteiger partial charge is 0.402 e. The van der Waals surface area contributed by atoms with Gasteiger partial charge in [0.2, 0.25) is 5.91 Å². The lowest BCUT2D eigenvalue weighted by molar-refractivity contribution is -0.254. The van der Waals surface area contributed by atoms with E-state index >= 15 is 0 Å². The fourth-order valence-electron chi connectivity index (χ4n) is 6.97. The van der Waals surface area contributed by atoms with Crippen molar-refractivity contribution in [3.63, 3.8) is 0 Å². The summed E-state index contributed by atoms with van der Waals surface area (Å²) in [4.78, 5) is 13.2. The lowest BCUT2D eigenvalue weighted by atomic mass is 9.77. The SMILES string of the molecule is CCC1(C)O[C@@H]2[C@H](O1)[C@@]1(C)CC(C(N)/C=C\C(NC(=O)C(C)N/C(C#N)=C\N)=C(/C)C3=CCC(C)(C)CC3)C[C@]2(C)O1. The Labute approximate surface area is 251 Å². The smallest absolute Gasteiger partial charge is 0.246 e. The molecule has 2 bridgehead atoms. The van der Waals surface area contributed by atoms with Crippen molar-refractivity contribution >= 4 is 5.91 Å². The van der Waals surface area contributed by atoms with Gasteiger partial charge in [0.25, 0.3) is 0 Å². The molecular weight excluding hydrogens is 530 g/mol. The Morgan fingerprint density at radius 2 is 1.81 bits per heavy atom. The molecule has 0 radical (unpaired) electrons. The number of carbonyl (C=O) groups is 1. The Bertz CT molecular complexity index is 1200. The molecule has 1 amide bonds. The van der Waals surface area contributed by atoms with Crippen molar-refractivity contribution in [3.05, 3.63) is 47.0 Å². The van der Waals surface area contributed by atoms with Crippen LogP contribution in [-0.4, -0.2) is 47.2 Å². The first-order chi connectivity index (χ1) is 19.6. The summed E-state index contributed by atoms with van der Waals surface area (Å²) >= 11 is 0. The van der Waals surface area contributed by atoms with Gasteiger partial charge in [0.1, 0.15) is 30.0 Å². The van der Waals surface area contributed by atoms with Crippen molar-refractivity contribution in [2.75, 3.05) is 0 Å². The van der Waals surface area contributed by atoms with Gasteiger partial charge in [0.15, 0.2) is 5.79 Å². The molecule has 4 rings (SSSR count). The monoisotopic (exact) mass is 581 g/mol. The van der Waals surface area contributed by atoms with E-state index in [1.807, 2.05) is 32.1 Å². The lowest BCUT2D eigenvalue weighted by Crippen LogP contribution is -2.51. The Hall–Kier alpha value is -2.64. The van der Waals surface area contributed by atoms with Gasteiger partial charge in [0.05, 0.1) is 11.2 Å². The number of rotatable bonds is 9. The van der Waals surface area contributed by atoms with Crippen LogP contribution in [0.4, 0.5) is 0 Å². The predicted molar refractivity (Wildman–Crippen MR) is 163 cm³/mol. The second-order valence-electron chi connectivity index (χ2n) is 14.1. The number of ether oxygens (including phenoxy) is 3. The molecule has 0 aromatic heterocycles. The lowest BCUT2D eigenvalue weighted by Gasteiger charge is -2.45. The van der Waals surface area contributed by atoms with Crippen molar-refractivity contribution in [2.45, 2.75) is 135 Å². The molecule has 0 aromatic carbocycles. The van der Waals surface area contributed by atoms with Crippen LogP contribution in [0.1, 0.15) is 93.9 Å². The molecular formula is C33H51N5O4. The highest BCUT2D eigenvalue weighted by Gasteiger charge is 2.69. The summed E-state index contributed by atoms with van der Waals surface area (Å²) in [5.74, 6) is -0.704. The zero-order valence-corrected chi connectivity index (χ0v) is 26.7. The number of nitrogens with one attached hydrogen (secondary N) is 2. The average Bonchev–Trinajstić information content (AvgIpc) is 3.38. The van der Waals surface area contributed by atoms with Crippen LogP contribution < -0.4 is 22.1 Å². The molecule has 0 spiro atoms. The Balaban J connectivity index is 1.55. The Kier molecular flexibility index (Phi) is 9.07. The van der Waals surface area contributed by atoms with Gasteiger partial charge in [-0.25, -0.2) is 0 Å². The number of amides is 1. The number of hydrogen-bond donors (Lipinski definition) is 4. The van der Waals surface area contributed by atoms with Gasteiger partial charge >= 0.3 is 0 Å². The first-order valence-electron chi connectivity index (χ1n) is 15.4. The topological polar surface area (TPSA) is 145 Å². The molecule has 3 heterocycles. The van der Waals surface area contributed by atoms with Crippen LogP contribution in [0.25, 0.3) is 0 Å². The van der Waals surface area contributed by atoms with Crippen LogP contribution in [0.5, 0.6) is 0 Å². The fourth-order valence-corrected chi connectivity index (χ4v) is 6.97. The molecule has 0 aromatic rings. The Morgan fingerprint density at radius 1 is 1.19 bits per heavy atom. The molecule has 232 valence electrons. The highest BCUT2D eigenvalue weighted by atomic mass is 16.8. The zero-order valence-electron chi connectivity index (χ0n) is 26.7. The third-order valence-corrected chi connectivity index (χ3v) is 9.87. The third-order valence-electron chi connectivity index (χ3n) is 9.87. The number of nitrogens with zero attached hydrogens (tertiary/aromatic N) is 1. The molecule has 0 saturated carbocycles. The molecule has 4 aliphatic rings. The van der Waals surface area contributed by atoms with Crippen molar-refractivity contribution in [1.29, 1.82) is 5.26 Å². The van der Waals surface area contributed by atoms with Crippen LogP contribution >= 0.6 is 0 Å². The van der Waals surface area contributed by atoms with Crippen LogP contribution in [0.2, 0.25) is 0 Å². The summed E-state index contributed by atoms with van der Waals surface area (Å²) in [6.07, 6.45) is 12.4. The Morgan fingerprint density at radius 3 is 2.31 bits per heavy atom. The van der Waals surface area contributed by atoms with E-state index in [0.29, 0.717) is 5.70 Å². The number of hydrogen-bond acceptors (Lipinski definition) is 8. The number of nitriles is 1. The van der Waals surface area contributed by atoms with Crippen molar-refractivity contribution in [1.82, 2.24) is 10.6 Å². The zero-order chi connectivity index (χ0) is 31.1. The third kappa shape index (κ3) is 6.47. The van der Waals surface area contributed by atoms with Gasteiger partial charge in [0, 0.05) is 17.9 Å². The number of fused-ring (bicyclic) bond motifs is 5. The molecule has 1 aliphatic carbocycles. The van der Waals surface area contributed by atoms with Gasteiger partial charge in [-0.2, -0.15) is 5.26 Å². The molecule has 9 nitrogen and oxygen atoms in total. The van der Waals surface area contributed by atoms with Gasteiger partial charge in [-0.1, -0.05) is 32.9 Å². The molecule has 3 fully saturated rings. The van der Waals surface area contributed by atoms with Crippen LogP contribution in [0, 0.1) is 22.7 Å². The highest BCUT2D eigenvalue weighted by Crippen LogP contribution is 2.57. The molecule has 42 heavy (non-hydrogen) atoms. The van der Waals surface area contributed by atoms with E-state index < -0.39 is 23.0 Å². The van der Waals surface area contributed by atoms with E-state index in [2.05, 4.69) is 51.3 Å². The van der Waals surface area contributed by atoms with Crippen molar-refractivity contribution in [3.8, 4) is 6.07 Å². The minimum Gasteiger partial charge on any atom is -0.402 e. The average molecular weight is 582 g/mol. The van der Waals surface area contributed by atoms with Crippen molar-refractivity contribution < 1.29 is 19.0 Å². The second kappa shape index (κ2) is 11.8. The number of carbonyl (C=O) groups excluding carboxylic acids is 1. The van der Waals surface area contributed by atoms with Gasteiger partial charge in [-0.3, -0.25) is 4.79 Å².